The summed E-state index contributed by atoms with van der Waals surface area (Å²) in [6.45, 7) is 13.6. The normalized spacial score (nSPS) is 13.9. The van der Waals surface area contributed by atoms with E-state index in [1.54, 1.807) is 18.6 Å². The van der Waals surface area contributed by atoms with Crippen LogP contribution in [0.15, 0.2) is 55.0 Å². The molecule has 1 heterocycles. The first-order valence-electron chi connectivity index (χ1n) is 12.0. The molecule has 1 amide bonds. The largest absolute Gasteiger partial charge is 0.493 e. The first-order valence-corrected chi connectivity index (χ1v) is 15.6. The van der Waals surface area contributed by atoms with Crippen molar-refractivity contribution in [3.05, 3.63) is 70.7 Å². The number of nitrogens with zero attached hydrogens (tertiary/aromatic N) is 2. The molecule has 0 saturated heterocycles. The average molecular weight is 549 g/mol. The highest BCUT2D eigenvalue weighted by molar-refractivity contribution is 6.74. The van der Waals surface area contributed by atoms with Crippen LogP contribution in [0.2, 0.25) is 28.2 Å². The molecule has 0 saturated carbocycles. The molecule has 0 aliphatic rings. The summed E-state index contributed by atoms with van der Waals surface area (Å²) in [6, 6.07) is 13.2. The zero-order valence-corrected chi connectivity index (χ0v) is 24.2. The van der Waals surface area contributed by atoms with Crippen LogP contribution >= 0.6 is 23.2 Å². The third kappa shape index (κ3) is 7.13. The number of hydrogen-bond acceptors (Lipinski definition) is 4. The van der Waals surface area contributed by atoms with Crippen molar-refractivity contribution in [3.8, 4) is 16.9 Å². The lowest BCUT2D eigenvalue weighted by molar-refractivity contribution is 0.0994. The van der Waals surface area contributed by atoms with E-state index in [0.29, 0.717) is 23.1 Å². The zero-order chi connectivity index (χ0) is 26.7. The molecule has 0 radical (unpaired) electrons. The van der Waals surface area contributed by atoms with Gasteiger partial charge in [-0.1, -0.05) is 56.1 Å². The van der Waals surface area contributed by atoms with E-state index in [1.165, 1.54) is 0 Å². The zero-order valence-electron chi connectivity index (χ0n) is 21.7. The van der Waals surface area contributed by atoms with Crippen LogP contribution in [0.4, 0.5) is 0 Å². The second-order valence-electron chi connectivity index (χ2n) is 10.5. The minimum Gasteiger partial charge on any atom is -0.493 e. The van der Waals surface area contributed by atoms with Crippen molar-refractivity contribution in [2.45, 2.75) is 64.4 Å². The third-order valence-electron chi connectivity index (χ3n) is 6.78. The summed E-state index contributed by atoms with van der Waals surface area (Å²) >= 11 is 12.4. The number of nitrogens with two attached hydrogens (primary N) is 1. The van der Waals surface area contributed by atoms with E-state index in [0.717, 1.165) is 16.9 Å². The second kappa shape index (κ2) is 11.4. The molecule has 0 aliphatic carbocycles. The number of hydrogen-bond donors (Lipinski definition) is 1. The van der Waals surface area contributed by atoms with Crippen molar-refractivity contribution in [2.24, 2.45) is 5.73 Å². The van der Waals surface area contributed by atoms with E-state index in [1.807, 2.05) is 41.0 Å². The van der Waals surface area contributed by atoms with Crippen LogP contribution in [0.3, 0.4) is 0 Å². The Hall–Kier alpha value is -2.32. The van der Waals surface area contributed by atoms with Crippen LogP contribution < -0.4 is 10.5 Å². The number of carbonyl (C=O) groups is 1. The molecule has 0 spiro atoms. The predicted molar refractivity (Wildman–Crippen MR) is 150 cm³/mol. The Morgan fingerprint density at radius 1 is 1.11 bits per heavy atom. The standard InChI is InChI=1S/C27H35Cl2N3O3Si/c1-18(35-36(5,6)27(2,3)4)25(32-16-24(26(30)33)31-17-32)10-11-34-23-9-7-8-19(14-23)20-12-21(28)15-22(29)13-20/h7-9,12-18,25H,10-11H2,1-6H3,(H2,30,33)/t18-,25+/m0/s1. The average Bonchev–Trinajstić information content (AvgIpc) is 3.25. The fourth-order valence-electron chi connectivity index (χ4n) is 3.78. The summed E-state index contributed by atoms with van der Waals surface area (Å²) in [5.41, 5.74) is 7.55. The number of ether oxygens (including phenoxy) is 1. The quantitative estimate of drug-likeness (QED) is 0.268. The summed E-state index contributed by atoms with van der Waals surface area (Å²) in [5, 5.41) is 1.23. The Labute approximate surface area is 224 Å². The van der Waals surface area contributed by atoms with Gasteiger partial charge in [-0.15, -0.1) is 0 Å². The Bertz CT molecular complexity index is 1190. The predicted octanol–water partition coefficient (Wildman–Crippen LogP) is 7.38. The van der Waals surface area contributed by atoms with Gasteiger partial charge in [0.1, 0.15) is 11.4 Å². The molecule has 9 heteroatoms. The van der Waals surface area contributed by atoms with Gasteiger partial charge in [0.15, 0.2) is 8.32 Å². The van der Waals surface area contributed by atoms with E-state index >= 15 is 0 Å². The Kier molecular flexibility index (Phi) is 8.93. The summed E-state index contributed by atoms with van der Waals surface area (Å²) < 4.78 is 14.7. The molecule has 194 valence electrons. The molecule has 3 aromatic rings. The van der Waals surface area contributed by atoms with Gasteiger partial charge >= 0.3 is 0 Å². The molecule has 3 rings (SSSR count). The molecule has 2 N–H and O–H groups in total. The number of aromatic nitrogens is 2. The number of imidazole rings is 1. The van der Waals surface area contributed by atoms with Crippen molar-refractivity contribution >= 4 is 37.4 Å². The fourth-order valence-corrected chi connectivity index (χ4v) is 5.74. The van der Waals surface area contributed by atoms with Crippen LogP contribution in [-0.4, -0.2) is 36.5 Å². The maximum atomic E-state index is 11.6. The minimum absolute atomic E-state index is 0.0688. The van der Waals surface area contributed by atoms with Gasteiger partial charge in [0, 0.05) is 22.7 Å². The molecule has 2 aromatic carbocycles. The van der Waals surface area contributed by atoms with Crippen LogP contribution in [-0.2, 0) is 4.43 Å². The van der Waals surface area contributed by atoms with Gasteiger partial charge in [0.2, 0.25) is 0 Å². The lowest BCUT2D eigenvalue weighted by atomic mass is 10.1. The van der Waals surface area contributed by atoms with Gasteiger partial charge in [0.05, 0.1) is 25.1 Å². The molecule has 0 unspecified atom stereocenters. The van der Waals surface area contributed by atoms with Gasteiger partial charge in [-0.3, -0.25) is 4.79 Å². The first kappa shape index (κ1) is 28.3. The smallest absolute Gasteiger partial charge is 0.268 e. The number of benzene rings is 2. The van der Waals surface area contributed by atoms with E-state index in [4.69, 9.17) is 38.1 Å². The van der Waals surface area contributed by atoms with Gasteiger partial charge in [-0.25, -0.2) is 4.98 Å². The molecular formula is C27H35Cl2N3O3Si. The molecule has 2 atom stereocenters. The Morgan fingerprint density at radius 3 is 2.36 bits per heavy atom. The highest BCUT2D eigenvalue weighted by atomic mass is 35.5. The lowest BCUT2D eigenvalue weighted by Gasteiger charge is -2.40. The van der Waals surface area contributed by atoms with Gasteiger partial charge in [-0.2, -0.15) is 0 Å². The van der Waals surface area contributed by atoms with Crippen molar-refractivity contribution < 1.29 is 14.0 Å². The minimum atomic E-state index is -2.02. The summed E-state index contributed by atoms with van der Waals surface area (Å²) in [5.74, 6) is 0.184. The van der Waals surface area contributed by atoms with Crippen LogP contribution in [0.25, 0.3) is 11.1 Å². The van der Waals surface area contributed by atoms with Crippen molar-refractivity contribution in [1.82, 2.24) is 9.55 Å². The van der Waals surface area contributed by atoms with Gasteiger partial charge in [-0.05, 0) is 66.5 Å². The summed E-state index contributed by atoms with van der Waals surface area (Å²) in [6.07, 6.45) is 3.85. The number of amides is 1. The molecular weight excluding hydrogens is 513 g/mol. The highest BCUT2D eigenvalue weighted by Gasteiger charge is 2.40. The molecule has 0 bridgehead atoms. The molecule has 36 heavy (non-hydrogen) atoms. The first-order chi connectivity index (χ1) is 16.8. The Balaban J connectivity index is 1.77. The van der Waals surface area contributed by atoms with E-state index in [9.17, 15) is 4.79 Å². The van der Waals surface area contributed by atoms with E-state index in [2.05, 4.69) is 45.8 Å². The number of rotatable bonds is 10. The summed E-state index contributed by atoms with van der Waals surface area (Å²) in [4.78, 5) is 15.8. The number of carbonyl (C=O) groups excluding carboxylic acids is 1. The van der Waals surface area contributed by atoms with Gasteiger partial charge < -0.3 is 19.5 Å². The molecule has 0 fully saturated rings. The van der Waals surface area contributed by atoms with Crippen LogP contribution in [0.1, 0.15) is 50.6 Å². The number of primary amides is 1. The van der Waals surface area contributed by atoms with Crippen molar-refractivity contribution in [3.63, 3.8) is 0 Å². The lowest BCUT2D eigenvalue weighted by Crippen LogP contribution is -2.45. The number of halogens is 2. The Morgan fingerprint density at radius 2 is 1.78 bits per heavy atom. The SMILES string of the molecule is C[C@H](O[Si](C)(C)C(C)(C)C)[C@@H](CCOc1cccc(-c2cc(Cl)cc(Cl)c2)c1)n1cnc(C(N)=O)c1. The third-order valence-corrected chi connectivity index (χ3v) is 11.8. The monoisotopic (exact) mass is 547 g/mol. The highest BCUT2D eigenvalue weighted by Crippen LogP contribution is 2.39. The fraction of sp³-hybridized carbons (Fsp3) is 0.407. The van der Waals surface area contributed by atoms with Crippen molar-refractivity contribution in [1.29, 1.82) is 0 Å². The molecule has 1 aromatic heterocycles. The van der Waals surface area contributed by atoms with E-state index in [-0.39, 0.29) is 22.9 Å². The maximum absolute atomic E-state index is 11.6. The summed E-state index contributed by atoms with van der Waals surface area (Å²) in [7, 11) is -2.02. The van der Waals surface area contributed by atoms with Gasteiger partial charge in [0.25, 0.3) is 5.91 Å². The molecule has 6 nitrogen and oxygen atoms in total. The topological polar surface area (TPSA) is 79.4 Å². The van der Waals surface area contributed by atoms with Crippen LogP contribution in [0.5, 0.6) is 5.75 Å². The second-order valence-corrected chi connectivity index (χ2v) is 16.2. The van der Waals surface area contributed by atoms with Crippen LogP contribution in [0, 0.1) is 0 Å². The molecule has 0 aliphatic heterocycles. The van der Waals surface area contributed by atoms with E-state index < -0.39 is 14.2 Å². The maximum Gasteiger partial charge on any atom is 0.268 e. The van der Waals surface area contributed by atoms with Crippen molar-refractivity contribution in [2.75, 3.05) is 6.61 Å².